The molecule has 3 aromatic heterocycles. The molecule has 2 atom stereocenters. The number of benzene rings is 1. The Balaban J connectivity index is 1.46. The zero-order valence-electron chi connectivity index (χ0n) is 19.5. The molecule has 4 aromatic rings. The molecule has 11 nitrogen and oxygen atoms in total. The molecule has 1 saturated heterocycles. The Bertz CT molecular complexity index is 1310. The number of carbonyl (C=O) groups excluding carboxylic acids is 1. The van der Waals surface area contributed by atoms with Gasteiger partial charge in [0.2, 0.25) is 0 Å². The summed E-state index contributed by atoms with van der Waals surface area (Å²) in [5, 5.41) is 16.1. The van der Waals surface area contributed by atoms with Gasteiger partial charge in [-0.3, -0.25) is 4.79 Å². The fourth-order valence-corrected chi connectivity index (χ4v) is 4.62. The van der Waals surface area contributed by atoms with Crippen molar-refractivity contribution in [3.05, 3.63) is 59.7 Å². The molecule has 34 heavy (non-hydrogen) atoms. The van der Waals surface area contributed by atoms with Crippen LogP contribution in [0.5, 0.6) is 0 Å². The number of amides is 1. The molecule has 0 spiro atoms. The van der Waals surface area contributed by atoms with Crippen LogP contribution in [0.3, 0.4) is 0 Å². The number of para-hydroxylation sites is 1. The van der Waals surface area contributed by atoms with E-state index in [0.29, 0.717) is 17.7 Å². The number of aryl methyl sites for hydroxylation is 1. The Labute approximate surface area is 197 Å². The monoisotopic (exact) mass is 460 g/mol. The summed E-state index contributed by atoms with van der Waals surface area (Å²) in [5.74, 6) is 0.811. The summed E-state index contributed by atoms with van der Waals surface area (Å²) in [5.41, 5.74) is 9.83. The molecular formula is C23H28N10O. The van der Waals surface area contributed by atoms with Crippen LogP contribution in [0.4, 0.5) is 5.82 Å². The summed E-state index contributed by atoms with van der Waals surface area (Å²) < 4.78 is 3.28. The van der Waals surface area contributed by atoms with Gasteiger partial charge in [-0.2, -0.15) is 9.78 Å². The molecule has 0 unspecified atom stereocenters. The standard InChI is InChI=1S/C23H28N10O/c1-4-19(30(3)23(34)17-7-5-6-8-20(17)33-14-25-28-29-33)18-11-21-26-22(15(2)12-32(21)27-18)31-10-9-16(24)13-31/h5-8,11-12,14,16,19H,4,9-10,13,24H2,1-3H3/t16-,19-/m0/s1. The van der Waals surface area contributed by atoms with E-state index in [0.717, 1.165) is 42.2 Å². The van der Waals surface area contributed by atoms with Gasteiger partial charge < -0.3 is 15.5 Å². The first-order valence-corrected chi connectivity index (χ1v) is 11.4. The van der Waals surface area contributed by atoms with Gasteiger partial charge in [0.05, 0.1) is 23.0 Å². The third-order valence-electron chi connectivity index (χ3n) is 6.39. The number of fused-ring (bicyclic) bond motifs is 1. The number of tetrazole rings is 1. The predicted octanol–water partition coefficient (Wildman–Crippen LogP) is 1.77. The molecule has 1 fully saturated rings. The van der Waals surface area contributed by atoms with Crippen LogP contribution in [0.15, 0.2) is 42.9 Å². The predicted molar refractivity (Wildman–Crippen MR) is 127 cm³/mol. The van der Waals surface area contributed by atoms with Crippen LogP contribution in [0.2, 0.25) is 0 Å². The molecular weight excluding hydrogens is 432 g/mol. The van der Waals surface area contributed by atoms with Crippen LogP contribution >= 0.6 is 0 Å². The first-order chi connectivity index (χ1) is 16.5. The topological polar surface area (TPSA) is 123 Å². The molecule has 5 rings (SSSR count). The van der Waals surface area contributed by atoms with E-state index in [1.165, 1.54) is 11.0 Å². The Kier molecular flexibility index (Phi) is 5.70. The van der Waals surface area contributed by atoms with Gasteiger partial charge in [-0.05, 0) is 42.3 Å². The van der Waals surface area contributed by atoms with Crippen molar-refractivity contribution in [1.82, 2.24) is 39.7 Å². The molecule has 0 bridgehead atoms. The van der Waals surface area contributed by atoms with Gasteiger partial charge >= 0.3 is 0 Å². The Morgan fingerprint density at radius 3 is 2.85 bits per heavy atom. The Hall–Kier alpha value is -3.86. The van der Waals surface area contributed by atoms with Crippen LogP contribution in [0.1, 0.15) is 47.4 Å². The molecule has 11 heteroatoms. The lowest BCUT2D eigenvalue weighted by atomic mass is 10.1. The summed E-state index contributed by atoms with van der Waals surface area (Å²) in [6.45, 7) is 5.79. The highest BCUT2D eigenvalue weighted by Gasteiger charge is 2.27. The summed E-state index contributed by atoms with van der Waals surface area (Å²) in [4.78, 5) is 22.4. The van der Waals surface area contributed by atoms with Gasteiger partial charge in [0.1, 0.15) is 12.1 Å². The van der Waals surface area contributed by atoms with Crippen LogP contribution in [-0.4, -0.2) is 71.8 Å². The normalized spacial score (nSPS) is 16.8. The first-order valence-electron chi connectivity index (χ1n) is 11.4. The fourth-order valence-electron chi connectivity index (χ4n) is 4.62. The zero-order valence-corrected chi connectivity index (χ0v) is 19.5. The second-order valence-corrected chi connectivity index (χ2v) is 8.73. The first kappa shape index (κ1) is 22.0. The highest BCUT2D eigenvalue weighted by atomic mass is 16.2. The van der Waals surface area contributed by atoms with Crippen molar-refractivity contribution >= 4 is 17.4 Å². The van der Waals surface area contributed by atoms with Crippen molar-refractivity contribution in [1.29, 1.82) is 0 Å². The van der Waals surface area contributed by atoms with Crippen molar-refractivity contribution in [2.75, 3.05) is 25.0 Å². The molecule has 2 N–H and O–H groups in total. The number of rotatable bonds is 6. The highest BCUT2D eigenvalue weighted by molar-refractivity contribution is 5.97. The van der Waals surface area contributed by atoms with Gasteiger partial charge in [-0.15, -0.1) is 5.10 Å². The quantitative estimate of drug-likeness (QED) is 0.462. The van der Waals surface area contributed by atoms with Crippen LogP contribution in [-0.2, 0) is 0 Å². The van der Waals surface area contributed by atoms with E-state index in [1.807, 2.05) is 44.3 Å². The number of carbonyl (C=O) groups is 1. The molecule has 1 aliphatic rings. The maximum atomic E-state index is 13.5. The molecule has 1 aromatic carbocycles. The van der Waals surface area contributed by atoms with Gasteiger partial charge in [0.25, 0.3) is 5.91 Å². The van der Waals surface area contributed by atoms with E-state index in [4.69, 9.17) is 15.8 Å². The molecule has 1 aliphatic heterocycles. The summed E-state index contributed by atoms with van der Waals surface area (Å²) in [6, 6.07) is 9.21. The van der Waals surface area contributed by atoms with E-state index < -0.39 is 0 Å². The average molecular weight is 461 g/mol. The number of nitrogens with two attached hydrogens (primary N) is 1. The average Bonchev–Trinajstić information content (AvgIpc) is 3.59. The zero-order chi connectivity index (χ0) is 23.8. The summed E-state index contributed by atoms with van der Waals surface area (Å²) in [6.07, 6.45) is 5.14. The van der Waals surface area contributed by atoms with E-state index in [-0.39, 0.29) is 18.0 Å². The summed E-state index contributed by atoms with van der Waals surface area (Å²) in [7, 11) is 1.80. The molecule has 4 heterocycles. The van der Waals surface area contributed by atoms with Gasteiger partial charge in [0, 0.05) is 44.0 Å². The highest BCUT2D eigenvalue weighted by Crippen LogP contribution is 2.28. The van der Waals surface area contributed by atoms with E-state index in [9.17, 15) is 4.79 Å². The minimum atomic E-state index is -0.222. The number of hydrogen-bond acceptors (Lipinski definition) is 8. The maximum Gasteiger partial charge on any atom is 0.256 e. The number of aromatic nitrogens is 7. The lowest BCUT2D eigenvalue weighted by Crippen LogP contribution is -2.32. The maximum absolute atomic E-state index is 13.5. The van der Waals surface area contributed by atoms with Crippen molar-refractivity contribution < 1.29 is 4.79 Å². The van der Waals surface area contributed by atoms with Crippen LogP contribution < -0.4 is 10.6 Å². The minimum absolute atomic E-state index is 0.133. The minimum Gasteiger partial charge on any atom is -0.355 e. The largest absolute Gasteiger partial charge is 0.355 e. The number of hydrogen-bond donors (Lipinski definition) is 1. The SMILES string of the molecule is CC[C@@H](c1cc2nc(N3CC[C@H](N)C3)c(C)cn2n1)N(C)C(=O)c1ccccc1-n1cnnn1. The Morgan fingerprint density at radius 1 is 1.32 bits per heavy atom. The molecule has 1 amide bonds. The molecule has 0 aliphatic carbocycles. The lowest BCUT2D eigenvalue weighted by molar-refractivity contribution is 0.0722. The Morgan fingerprint density at radius 2 is 2.15 bits per heavy atom. The molecule has 176 valence electrons. The smallest absolute Gasteiger partial charge is 0.256 e. The molecule has 0 radical (unpaired) electrons. The van der Waals surface area contributed by atoms with Crippen molar-refractivity contribution in [2.45, 2.75) is 38.8 Å². The lowest BCUT2D eigenvalue weighted by Gasteiger charge is -2.26. The van der Waals surface area contributed by atoms with Crippen LogP contribution in [0.25, 0.3) is 11.3 Å². The number of anilines is 1. The third-order valence-corrected chi connectivity index (χ3v) is 6.39. The third kappa shape index (κ3) is 3.87. The van der Waals surface area contributed by atoms with Crippen molar-refractivity contribution in [3.63, 3.8) is 0 Å². The van der Waals surface area contributed by atoms with E-state index in [2.05, 4.69) is 20.4 Å². The molecule has 0 saturated carbocycles. The summed E-state index contributed by atoms with van der Waals surface area (Å²) >= 11 is 0. The van der Waals surface area contributed by atoms with Gasteiger partial charge in [-0.25, -0.2) is 9.50 Å². The van der Waals surface area contributed by atoms with Gasteiger partial charge in [-0.1, -0.05) is 19.1 Å². The number of nitrogens with zero attached hydrogens (tertiary/aromatic N) is 9. The van der Waals surface area contributed by atoms with Gasteiger partial charge in [0.15, 0.2) is 5.65 Å². The van der Waals surface area contributed by atoms with Crippen molar-refractivity contribution in [2.24, 2.45) is 5.73 Å². The second-order valence-electron chi connectivity index (χ2n) is 8.73. The van der Waals surface area contributed by atoms with E-state index >= 15 is 0 Å². The van der Waals surface area contributed by atoms with Crippen molar-refractivity contribution in [3.8, 4) is 5.69 Å². The second kappa shape index (κ2) is 8.82. The fraction of sp³-hybridized carbons (Fsp3) is 0.391. The van der Waals surface area contributed by atoms with E-state index in [1.54, 1.807) is 22.5 Å². The van der Waals surface area contributed by atoms with Crippen LogP contribution in [0, 0.1) is 6.92 Å².